The number of anilines is 2. The van der Waals surface area contributed by atoms with Crippen LogP contribution in [0.15, 0.2) is 47.4 Å². The van der Waals surface area contributed by atoms with Crippen molar-refractivity contribution >= 4 is 40.6 Å². The van der Waals surface area contributed by atoms with E-state index in [1.165, 1.54) is 30.0 Å². The number of amides is 1. The molecule has 104 valence electrons. The Labute approximate surface area is 125 Å². The van der Waals surface area contributed by atoms with Crippen molar-refractivity contribution < 1.29 is 9.18 Å². The third kappa shape index (κ3) is 4.15. The Kier molecular flexibility index (Phi) is 4.87. The highest BCUT2D eigenvalue weighted by Gasteiger charge is 2.05. The summed E-state index contributed by atoms with van der Waals surface area (Å²) < 4.78 is 13.0. The number of nitrogens with one attached hydrogen (secondary N) is 1. The molecule has 0 aliphatic rings. The number of carbonyl (C=O) groups is 1. The summed E-state index contributed by atoms with van der Waals surface area (Å²) in [6.45, 7) is 0. The van der Waals surface area contributed by atoms with Crippen molar-refractivity contribution in [3.8, 4) is 0 Å². The molecule has 0 unspecified atom stereocenters. The fourth-order valence-electron chi connectivity index (χ4n) is 1.50. The van der Waals surface area contributed by atoms with E-state index in [2.05, 4.69) is 5.32 Å². The van der Waals surface area contributed by atoms with E-state index in [9.17, 15) is 9.18 Å². The molecule has 0 radical (unpaired) electrons. The smallest absolute Gasteiger partial charge is 0.234 e. The number of halogens is 2. The molecule has 0 spiro atoms. The first-order valence-corrected chi connectivity index (χ1v) is 7.14. The number of hydrogen-bond acceptors (Lipinski definition) is 3. The van der Waals surface area contributed by atoms with Gasteiger partial charge in [0.2, 0.25) is 5.91 Å². The van der Waals surface area contributed by atoms with Crippen LogP contribution in [0.4, 0.5) is 15.8 Å². The molecule has 2 aromatic rings. The Bertz CT molecular complexity index is 619. The lowest BCUT2D eigenvalue weighted by atomic mass is 10.2. The first-order chi connectivity index (χ1) is 9.54. The maximum absolute atomic E-state index is 13.0. The monoisotopic (exact) mass is 310 g/mol. The van der Waals surface area contributed by atoms with E-state index in [4.69, 9.17) is 17.3 Å². The van der Waals surface area contributed by atoms with Crippen LogP contribution in [0.1, 0.15) is 0 Å². The molecule has 2 rings (SSSR count). The summed E-state index contributed by atoms with van der Waals surface area (Å²) >= 11 is 7.17. The van der Waals surface area contributed by atoms with Gasteiger partial charge in [0.15, 0.2) is 0 Å². The molecule has 0 heterocycles. The SMILES string of the molecule is Nc1cc(NC(=O)CSc2ccc(Cl)cc2)ccc1F. The molecular weight excluding hydrogens is 299 g/mol. The van der Waals surface area contributed by atoms with Gasteiger partial charge in [0.05, 0.1) is 11.4 Å². The Balaban J connectivity index is 1.89. The van der Waals surface area contributed by atoms with Crippen molar-refractivity contribution in [2.24, 2.45) is 0 Å². The van der Waals surface area contributed by atoms with Crippen LogP contribution < -0.4 is 11.1 Å². The second-order valence-electron chi connectivity index (χ2n) is 4.03. The van der Waals surface area contributed by atoms with E-state index >= 15 is 0 Å². The minimum absolute atomic E-state index is 0.00755. The van der Waals surface area contributed by atoms with E-state index in [0.717, 1.165) is 4.90 Å². The molecule has 2 aromatic carbocycles. The van der Waals surface area contributed by atoms with Crippen LogP contribution in [-0.2, 0) is 4.79 Å². The fraction of sp³-hybridized carbons (Fsp3) is 0.0714. The van der Waals surface area contributed by atoms with E-state index < -0.39 is 5.82 Å². The summed E-state index contributed by atoms with van der Waals surface area (Å²) in [7, 11) is 0. The lowest BCUT2D eigenvalue weighted by Gasteiger charge is -2.06. The van der Waals surface area contributed by atoms with Crippen molar-refractivity contribution in [1.29, 1.82) is 0 Å². The minimum atomic E-state index is -0.501. The molecule has 0 atom stereocenters. The van der Waals surface area contributed by atoms with Crippen molar-refractivity contribution in [3.05, 3.63) is 53.3 Å². The molecule has 20 heavy (non-hydrogen) atoms. The molecule has 3 nitrogen and oxygen atoms in total. The van der Waals surface area contributed by atoms with Crippen molar-refractivity contribution in [2.75, 3.05) is 16.8 Å². The van der Waals surface area contributed by atoms with Crippen molar-refractivity contribution in [3.63, 3.8) is 0 Å². The molecule has 0 fully saturated rings. The molecule has 0 aromatic heterocycles. The molecule has 6 heteroatoms. The van der Waals surface area contributed by atoms with Gasteiger partial charge in [-0.3, -0.25) is 4.79 Å². The first kappa shape index (κ1) is 14.7. The van der Waals surface area contributed by atoms with Crippen molar-refractivity contribution in [1.82, 2.24) is 0 Å². The quantitative estimate of drug-likeness (QED) is 0.667. The Hall–Kier alpha value is -1.72. The highest BCUT2D eigenvalue weighted by atomic mass is 35.5. The Morgan fingerprint density at radius 1 is 1.25 bits per heavy atom. The Morgan fingerprint density at radius 3 is 2.60 bits per heavy atom. The number of nitrogens with two attached hydrogens (primary N) is 1. The number of hydrogen-bond donors (Lipinski definition) is 2. The second kappa shape index (κ2) is 6.63. The van der Waals surface area contributed by atoms with Gasteiger partial charge in [-0.15, -0.1) is 11.8 Å². The number of nitrogen functional groups attached to an aromatic ring is 1. The van der Waals surface area contributed by atoms with Crippen LogP contribution in [0.5, 0.6) is 0 Å². The molecule has 3 N–H and O–H groups in total. The zero-order valence-electron chi connectivity index (χ0n) is 10.4. The Morgan fingerprint density at radius 2 is 1.95 bits per heavy atom. The van der Waals surface area contributed by atoms with Gasteiger partial charge in [0, 0.05) is 15.6 Å². The minimum Gasteiger partial charge on any atom is -0.396 e. The molecule has 0 saturated heterocycles. The molecule has 0 aliphatic heterocycles. The fourth-order valence-corrected chi connectivity index (χ4v) is 2.32. The van der Waals surface area contributed by atoms with Gasteiger partial charge in [0.25, 0.3) is 0 Å². The summed E-state index contributed by atoms with van der Waals surface area (Å²) in [6, 6.07) is 11.3. The first-order valence-electron chi connectivity index (χ1n) is 5.78. The number of thioether (sulfide) groups is 1. The predicted octanol–water partition coefficient (Wildman–Crippen LogP) is 3.79. The van der Waals surface area contributed by atoms with E-state index in [1.54, 1.807) is 12.1 Å². The summed E-state index contributed by atoms with van der Waals surface area (Å²) in [5.74, 6) is -0.437. The van der Waals surface area contributed by atoms with E-state index in [1.807, 2.05) is 12.1 Å². The van der Waals surface area contributed by atoms with Crippen LogP contribution in [0.25, 0.3) is 0 Å². The molecular formula is C14H12ClFN2OS. The van der Waals surface area contributed by atoms with Gasteiger partial charge in [-0.25, -0.2) is 4.39 Å². The van der Waals surface area contributed by atoms with Gasteiger partial charge in [0.1, 0.15) is 5.82 Å². The topological polar surface area (TPSA) is 55.1 Å². The highest BCUT2D eigenvalue weighted by molar-refractivity contribution is 8.00. The zero-order valence-corrected chi connectivity index (χ0v) is 12.0. The third-order valence-electron chi connectivity index (χ3n) is 2.46. The number of carbonyl (C=O) groups excluding carboxylic acids is 1. The third-order valence-corrected chi connectivity index (χ3v) is 3.73. The van der Waals surface area contributed by atoms with Gasteiger partial charge >= 0.3 is 0 Å². The van der Waals surface area contributed by atoms with Crippen LogP contribution in [0.3, 0.4) is 0 Å². The number of benzene rings is 2. The number of rotatable bonds is 4. The van der Waals surface area contributed by atoms with E-state index in [-0.39, 0.29) is 17.3 Å². The van der Waals surface area contributed by atoms with Crippen LogP contribution in [-0.4, -0.2) is 11.7 Å². The maximum Gasteiger partial charge on any atom is 0.234 e. The average molecular weight is 311 g/mol. The largest absolute Gasteiger partial charge is 0.396 e. The summed E-state index contributed by atoms with van der Waals surface area (Å²) in [6.07, 6.45) is 0. The average Bonchev–Trinajstić information content (AvgIpc) is 2.42. The van der Waals surface area contributed by atoms with Gasteiger partial charge < -0.3 is 11.1 Å². The second-order valence-corrected chi connectivity index (χ2v) is 5.51. The summed E-state index contributed by atoms with van der Waals surface area (Å²) in [5.41, 5.74) is 5.92. The zero-order chi connectivity index (χ0) is 14.5. The van der Waals surface area contributed by atoms with Crippen LogP contribution >= 0.6 is 23.4 Å². The normalized spacial score (nSPS) is 10.3. The van der Waals surface area contributed by atoms with Gasteiger partial charge in [-0.2, -0.15) is 0 Å². The van der Waals surface area contributed by atoms with Gasteiger partial charge in [-0.1, -0.05) is 11.6 Å². The predicted molar refractivity (Wildman–Crippen MR) is 81.6 cm³/mol. The maximum atomic E-state index is 13.0. The summed E-state index contributed by atoms with van der Waals surface area (Å²) in [4.78, 5) is 12.7. The van der Waals surface area contributed by atoms with Crippen LogP contribution in [0, 0.1) is 5.82 Å². The molecule has 0 bridgehead atoms. The summed E-state index contributed by atoms with van der Waals surface area (Å²) in [5, 5.41) is 3.31. The molecule has 0 aliphatic carbocycles. The van der Waals surface area contributed by atoms with Crippen molar-refractivity contribution in [2.45, 2.75) is 4.90 Å². The standard InChI is InChI=1S/C14H12ClFN2OS/c15-9-1-4-11(5-2-9)20-8-14(19)18-10-3-6-12(16)13(17)7-10/h1-7H,8,17H2,(H,18,19). The lowest BCUT2D eigenvalue weighted by molar-refractivity contribution is -0.113. The van der Waals surface area contributed by atoms with Gasteiger partial charge in [-0.05, 0) is 42.5 Å². The van der Waals surface area contributed by atoms with E-state index in [0.29, 0.717) is 10.7 Å². The highest BCUT2D eigenvalue weighted by Crippen LogP contribution is 2.21. The van der Waals surface area contributed by atoms with Crippen LogP contribution in [0.2, 0.25) is 5.02 Å². The lowest BCUT2D eigenvalue weighted by Crippen LogP contribution is -2.14. The molecule has 0 saturated carbocycles. The molecule has 1 amide bonds.